The number of rotatable bonds is 6. The van der Waals surface area contributed by atoms with Crippen LogP contribution in [0, 0.1) is 20.7 Å². The summed E-state index contributed by atoms with van der Waals surface area (Å²) in [4.78, 5) is 7.37. The predicted octanol–water partition coefficient (Wildman–Crippen LogP) is 5.96. The van der Waals surface area contributed by atoms with Crippen molar-refractivity contribution in [1.29, 1.82) is 5.26 Å². The maximum Gasteiger partial charge on any atom is 0.161 e. The van der Waals surface area contributed by atoms with Crippen molar-refractivity contribution in [2.24, 2.45) is 0 Å². The molecule has 7 heteroatoms. The van der Waals surface area contributed by atoms with E-state index in [-0.39, 0.29) is 5.82 Å². The van der Waals surface area contributed by atoms with Crippen LogP contribution >= 0.6 is 22.6 Å². The van der Waals surface area contributed by atoms with Gasteiger partial charge in [-0.05, 0) is 82.3 Å². The van der Waals surface area contributed by atoms with Crippen molar-refractivity contribution >= 4 is 45.3 Å². The molecule has 4 rings (SSSR count). The van der Waals surface area contributed by atoms with E-state index in [2.05, 4.69) is 38.6 Å². The average molecular weight is 525 g/mol. The molecule has 0 saturated carbocycles. The van der Waals surface area contributed by atoms with Crippen LogP contribution in [0.1, 0.15) is 17.0 Å². The number of ether oxygens (including phenoxy) is 2. The van der Waals surface area contributed by atoms with Crippen LogP contribution in [0.4, 0.5) is 4.39 Å². The number of nitrogens with one attached hydrogen (secondary N) is 1. The summed E-state index contributed by atoms with van der Waals surface area (Å²) in [5, 5.41) is 9.62. The standard InChI is InChI=1S/C24H17FIN3O2/c1-30-23-11-16(4-9-22(23)31-14-15-2-6-19(26)7-3-15)10-17(13-27)24-28-20-8-5-18(25)12-21(20)29-24/h2-12H,14H2,1H3,(H,28,29)/b17-10-. The summed E-state index contributed by atoms with van der Waals surface area (Å²) in [7, 11) is 1.57. The predicted molar refractivity (Wildman–Crippen MR) is 126 cm³/mol. The van der Waals surface area contributed by atoms with Crippen molar-refractivity contribution < 1.29 is 13.9 Å². The Bertz CT molecular complexity index is 1310. The number of imidazole rings is 1. The highest BCUT2D eigenvalue weighted by molar-refractivity contribution is 14.1. The molecular weight excluding hydrogens is 508 g/mol. The SMILES string of the molecule is COc1cc(/C=C(/C#N)c2nc3ccc(F)cc3[nH]2)ccc1OCc1ccc(I)cc1. The second-order valence-electron chi connectivity index (χ2n) is 6.74. The Hall–Kier alpha value is -3.38. The fourth-order valence-corrected chi connectivity index (χ4v) is 3.42. The minimum Gasteiger partial charge on any atom is -0.493 e. The Morgan fingerprint density at radius 3 is 2.68 bits per heavy atom. The molecule has 0 amide bonds. The van der Waals surface area contributed by atoms with Crippen LogP contribution < -0.4 is 9.47 Å². The molecular formula is C24H17FIN3O2. The second kappa shape index (κ2) is 9.18. The van der Waals surface area contributed by atoms with Crippen LogP contribution in [0.15, 0.2) is 60.7 Å². The molecule has 0 aliphatic carbocycles. The summed E-state index contributed by atoms with van der Waals surface area (Å²) in [5.41, 5.74) is 3.26. The molecule has 154 valence electrons. The number of nitriles is 1. The van der Waals surface area contributed by atoms with Gasteiger partial charge in [0, 0.05) is 3.57 Å². The van der Waals surface area contributed by atoms with Gasteiger partial charge in [0.05, 0.1) is 23.7 Å². The Labute approximate surface area is 192 Å². The quantitative estimate of drug-likeness (QED) is 0.249. The van der Waals surface area contributed by atoms with Gasteiger partial charge in [0.25, 0.3) is 0 Å². The summed E-state index contributed by atoms with van der Waals surface area (Å²) in [6.45, 7) is 0.418. The van der Waals surface area contributed by atoms with Crippen LogP contribution in [-0.2, 0) is 6.61 Å². The molecule has 0 saturated heterocycles. The highest BCUT2D eigenvalue weighted by atomic mass is 127. The lowest BCUT2D eigenvalue weighted by atomic mass is 10.1. The number of hydrogen-bond donors (Lipinski definition) is 1. The van der Waals surface area contributed by atoms with Crippen molar-refractivity contribution in [2.45, 2.75) is 6.61 Å². The fraction of sp³-hybridized carbons (Fsp3) is 0.0833. The van der Waals surface area contributed by atoms with E-state index < -0.39 is 0 Å². The van der Waals surface area contributed by atoms with E-state index >= 15 is 0 Å². The van der Waals surface area contributed by atoms with Crippen molar-refractivity contribution in [3.05, 3.63) is 87.0 Å². The molecule has 3 aromatic carbocycles. The van der Waals surface area contributed by atoms with E-state index in [4.69, 9.17) is 9.47 Å². The zero-order chi connectivity index (χ0) is 21.8. The summed E-state index contributed by atoms with van der Waals surface area (Å²) < 4.78 is 26.0. The first kappa shape index (κ1) is 20.9. The van der Waals surface area contributed by atoms with Gasteiger partial charge in [-0.2, -0.15) is 5.26 Å². The molecule has 0 radical (unpaired) electrons. The number of H-pyrrole nitrogens is 1. The van der Waals surface area contributed by atoms with Gasteiger partial charge in [0.15, 0.2) is 11.5 Å². The van der Waals surface area contributed by atoms with Gasteiger partial charge in [-0.15, -0.1) is 0 Å². The Morgan fingerprint density at radius 2 is 1.94 bits per heavy atom. The average Bonchev–Trinajstić information content (AvgIpc) is 3.20. The summed E-state index contributed by atoms with van der Waals surface area (Å²) in [5.74, 6) is 1.18. The van der Waals surface area contributed by atoms with Gasteiger partial charge >= 0.3 is 0 Å². The van der Waals surface area contributed by atoms with E-state index in [1.54, 1.807) is 31.4 Å². The molecule has 0 atom stereocenters. The number of aromatic nitrogens is 2. The van der Waals surface area contributed by atoms with Crippen molar-refractivity contribution in [3.8, 4) is 17.6 Å². The normalized spacial score (nSPS) is 11.4. The molecule has 1 heterocycles. The van der Waals surface area contributed by atoms with Crippen LogP contribution in [-0.4, -0.2) is 17.1 Å². The number of benzene rings is 3. The van der Waals surface area contributed by atoms with E-state index in [9.17, 15) is 9.65 Å². The van der Waals surface area contributed by atoms with Gasteiger partial charge in [-0.25, -0.2) is 9.37 Å². The highest BCUT2D eigenvalue weighted by Gasteiger charge is 2.11. The Balaban J connectivity index is 1.58. The van der Waals surface area contributed by atoms with E-state index in [0.29, 0.717) is 40.5 Å². The number of aromatic amines is 1. The largest absolute Gasteiger partial charge is 0.493 e. The first-order valence-corrected chi connectivity index (χ1v) is 10.5. The third kappa shape index (κ3) is 4.86. The first-order valence-electron chi connectivity index (χ1n) is 9.38. The number of nitrogens with zero attached hydrogens (tertiary/aromatic N) is 2. The van der Waals surface area contributed by atoms with Gasteiger partial charge in [0.2, 0.25) is 0 Å². The van der Waals surface area contributed by atoms with Crippen LogP contribution in [0.2, 0.25) is 0 Å². The van der Waals surface area contributed by atoms with Crippen LogP contribution in [0.3, 0.4) is 0 Å². The van der Waals surface area contributed by atoms with Crippen LogP contribution in [0.5, 0.6) is 11.5 Å². The minimum absolute atomic E-state index is 0.325. The van der Waals surface area contributed by atoms with Gasteiger partial charge < -0.3 is 14.5 Å². The molecule has 1 N–H and O–H groups in total. The topological polar surface area (TPSA) is 70.9 Å². The lowest BCUT2D eigenvalue weighted by Crippen LogP contribution is -1.98. The third-order valence-electron chi connectivity index (χ3n) is 4.63. The fourth-order valence-electron chi connectivity index (χ4n) is 3.06. The maximum atomic E-state index is 13.4. The van der Waals surface area contributed by atoms with Gasteiger partial charge in [-0.3, -0.25) is 0 Å². The van der Waals surface area contributed by atoms with E-state index in [1.165, 1.54) is 12.1 Å². The van der Waals surface area contributed by atoms with Gasteiger partial charge in [-0.1, -0.05) is 18.2 Å². The Kier molecular flexibility index (Phi) is 6.18. The molecule has 0 bridgehead atoms. The smallest absolute Gasteiger partial charge is 0.161 e. The summed E-state index contributed by atoms with van der Waals surface area (Å²) in [6, 6.07) is 19.9. The Morgan fingerprint density at radius 1 is 1.13 bits per heavy atom. The molecule has 31 heavy (non-hydrogen) atoms. The number of hydrogen-bond acceptors (Lipinski definition) is 4. The van der Waals surface area contributed by atoms with Crippen LogP contribution in [0.25, 0.3) is 22.7 Å². The van der Waals surface area contributed by atoms with Gasteiger partial charge in [0.1, 0.15) is 24.3 Å². The zero-order valence-electron chi connectivity index (χ0n) is 16.5. The van der Waals surface area contributed by atoms with Crippen molar-refractivity contribution in [3.63, 3.8) is 0 Å². The summed E-state index contributed by atoms with van der Waals surface area (Å²) >= 11 is 2.26. The zero-order valence-corrected chi connectivity index (χ0v) is 18.7. The highest BCUT2D eigenvalue weighted by Crippen LogP contribution is 2.30. The van der Waals surface area contributed by atoms with E-state index in [1.807, 2.05) is 30.3 Å². The first-order chi connectivity index (χ1) is 15.1. The summed E-state index contributed by atoms with van der Waals surface area (Å²) in [6.07, 6.45) is 1.69. The molecule has 0 unspecified atom stereocenters. The lowest BCUT2D eigenvalue weighted by molar-refractivity contribution is 0.284. The maximum absolute atomic E-state index is 13.4. The monoisotopic (exact) mass is 525 g/mol. The number of fused-ring (bicyclic) bond motifs is 1. The molecule has 5 nitrogen and oxygen atoms in total. The molecule has 0 fully saturated rings. The molecule has 0 spiro atoms. The number of methoxy groups -OCH3 is 1. The molecule has 1 aromatic heterocycles. The molecule has 0 aliphatic rings. The lowest BCUT2D eigenvalue weighted by Gasteiger charge is -2.11. The second-order valence-corrected chi connectivity index (χ2v) is 7.99. The third-order valence-corrected chi connectivity index (χ3v) is 5.34. The number of allylic oxidation sites excluding steroid dienone is 1. The molecule has 0 aliphatic heterocycles. The number of halogens is 2. The van der Waals surface area contributed by atoms with Crippen molar-refractivity contribution in [1.82, 2.24) is 9.97 Å². The minimum atomic E-state index is -0.365. The van der Waals surface area contributed by atoms with Crippen molar-refractivity contribution in [2.75, 3.05) is 7.11 Å². The van der Waals surface area contributed by atoms with E-state index in [0.717, 1.165) is 14.7 Å². The molecule has 4 aromatic rings.